The number of hydrogen-bond acceptors (Lipinski definition) is 29. The number of alkyl carbamates (subject to hydrolysis) is 1. The smallest absolute Gasteiger partial charge is 0.407 e. The first-order chi connectivity index (χ1) is 61.4. The van der Waals surface area contributed by atoms with E-state index in [1.54, 1.807) is 101 Å². The lowest BCUT2D eigenvalue weighted by Gasteiger charge is -2.19. The minimum absolute atomic E-state index is 0.0112. The van der Waals surface area contributed by atoms with E-state index in [0.29, 0.717) is 136 Å². The highest BCUT2D eigenvalue weighted by Gasteiger charge is 2.34. The van der Waals surface area contributed by atoms with Crippen molar-refractivity contribution in [2.75, 3.05) is 113 Å². The summed E-state index contributed by atoms with van der Waals surface area (Å²) in [5.41, 5.74) is 31.9. The summed E-state index contributed by atoms with van der Waals surface area (Å²) in [5, 5.41) is 52.0. The number of cyclic esters (lactones) is 3. The van der Waals surface area contributed by atoms with Crippen LogP contribution in [-0.4, -0.2) is 186 Å². The highest BCUT2D eigenvalue weighted by atomic mass is 33.1. The van der Waals surface area contributed by atoms with E-state index in [9.17, 15) is 53.7 Å². The molecule has 3 aliphatic rings. The van der Waals surface area contributed by atoms with E-state index in [1.165, 1.54) is 0 Å². The number of fused-ring (bicyclic) bond motifs is 3. The van der Waals surface area contributed by atoms with Gasteiger partial charge in [0, 0.05) is 157 Å². The minimum atomic E-state index is -0.831. The molecule has 3 aliphatic heterocycles. The zero-order valence-corrected chi connectivity index (χ0v) is 83.7. The number of allylic oxidation sites excluding steroid dienone is 18. The highest BCUT2D eigenvalue weighted by molar-refractivity contribution is 8.77. The van der Waals surface area contributed by atoms with Crippen LogP contribution in [0.2, 0.25) is 0 Å². The van der Waals surface area contributed by atoms with Crippen LogP contribution in [0.4, 0.5) is 4.79 Å². The molecule has 0 fully saturated rings. The largest absolute Gasteiger partial charge is 0.507 e. The fourth-order valence-corrected chi connectivity index (χ4v) is 19.1. The number of amides is 4. The summed E-state index contributed by atoms with van der Waals surface area (Å²) in [6.07, 6.45) is 42.4. The van der Waals surface area contributed by atoms with Gasteiger partial charge >= 0.3 is 30.0 Å². The number of phenols is 3. The molecule has 3 aromatic rings. The number of carboxylic acid groups (broad SMARTS) is 1. The second kappa shape index (κ2) is 70.3. The number of nitrogens with one attached hydrogen (secondary N) is 4. The SMILES string of the molecule is C/C(=C\Cc1c(C)c(C)c2c(c1O)C(=O)OC2)CCC(=O)O.CC(C)(C)OC(=O)NCCSSCCN.CC/C=C\C/C=C\C/C=C\C/C=C\C/C=C\C/C=C\CCC(=O)NCCSSCCNC(=O)CC/C(C)=C/Cc1c(O)c2c(c(C)c1OC)COC2=O.COc1c(C)c2c(c(O)c1C/C=C(\C)CCC(=O)NCCSSCCN)C(=O)OC2.NCCSSCCN. The average Bonchev–Trinajstić information content (AvgIpc) is 1.62. The van der Waals surface area contributed by atoms with Crippen LogP contribution in [0.1, 0.15) is 225 Å². The second-order valence-electron chi connectivity index (χ2n) is 30.2. The summed E-state index contributed by atoms with van der Waals surface area (Å²) in [6.45, 7) is 26.8. The molecule has 0 radical (unpaired) electrons. The fourth-order valence-electron chi connectivity index (χ4n) is 12.1. The molecule has 3 heterocycles. The number of benzene rings is 3. The van der Waals surface area contributed by atoms with Crippen molar-refractivity contribution in [1.29, 1.82) is 0 Å². The van der Waals surface area contributed by atoms with Gasteiger partial charge in [0.05, 0.1) is 14.2 Å². The molecule has 0 unspecified atom stereocenters. The predicted octanol–water partition coefficient (Wildman–Crippen LogP) is 18.0. The number of ether oxygens (including phenoxy) is 6. The van der Waals surface area contributed by atoms with Crippen molar-refractivity contribution in [3.63, 3.8) is 0 Å². The van der Waals surface area contributed by atoms with Crippen molar-refractivity contribution < 1.29 is 87.2 Å². The van der Waals surface area contributed by atoms with Crippen LogP contribution in [0.5, 0.6) is 28.7 Å². The Kier molecular flexibility index (Phi) is 64.0. The van der Waals surface area contributed by atoms with Gasteiger partial charge in [-0.05, 0) is 175 Å². The average molecular weight is 1930 g/mol. The molecule has 6 rings (SSSR count). The molecule has 0 bridgehead atoms. The third kappa shape index (κ3) is 48.6. The number of rotatable bonds is 55. The van der Waals surface area contributed by atoms with Gasteiger partial charge in [0.25, 0.3) is 0 Å². The number of aromatic hydroxyl groups is 3. The van der Waals surface area contributed by atoms with Crippen molar-refractivity contribution in [2.45, 2.75) is 211 Å². The van der Waals surface area contributed by atoms with Crippen LogP contribution in [0, 0.1) is 27.7 Å². The number of methoxy groups -OCH3 is 2. The van der Waals surface area contributed by atoms with Crippen molar-refractivity contribution in [2.24, 2.45) is 22.9 Å². The lowest BCUT2D eigenvalue weighted by Crippen LogP contribution is -2.33. The maximum Gasteiger partial charge on any atom is 0.407 e. The number of carbonyl (C=O) groups excluding carboxylic acids is 7. The van der Waals surface area contributed by atoms with E-state index < -0.39 is 29.5 Å². The summed E-state index contributed by atoms with van der Waals surface area (Å²) in [4.78, 5) is 94.0. The Morgan fingerprint density at radius 2 is 0.703 bits per heavy atom. The number of hydrogen-bond donors (Lipinski definition) is 12. The first-order valence-electron chi connectivity index (χ1n) is 43.2. The molecule has 128 heavy (non-hydrogen) atoms. The van der Waals surface area contributed by atoms with Crippen molar-refractivity contribution >= 4 is 134 Å². The molecule has 4 amide bonds. The maximum atomic E-state index is 12.3. The molecule has 0 atom stereocenters. The summed E-state index contributed by atoms with van der Waals surface area (Å²) in [7, 11) is 16.9. The van der Waals surface area contributed by atoms with E-state index >= 15 is 0 Å². The Hall–Kier alpha value is -7.48. The zero-order valence-electron chi connectivity index (χ0n) is 77.2. The van der Waals surface area contributed by atoms with Gasteiger partial charge in [-0.15, -0.1) is 0 Å². The van der Waals surface area contributed by atoms with Crippen LogP contribution < -0.4 is 53.7 Å². The van der Waals surface area contributed by atoms with Crippen molar-refractivity contribution in [3.8, 4) is 28.7 Å². The monoisotopic (exact) mass is 1930 g/mol. The molecule has 0 saturated heterocycles. The van der Waals surface area contributed by atoms with Crippen LogP contribution >= 0.6 is 86.4 Å². The molecule has 16 N–H and O–H groups in total. The molecule has 0 aromatic heterocycles. The highest BCUT2D eigenvalue weighted by Crippen LogP contribution is 2.44. The van der Waals surface area contributed by atoms with Gasteiger partial charge in [-0.1, -0.05) is 201 Å². The number of carbonyl (C=O) groups is 8. The first-order valence-corrected chi connectivity index (χ1v) is 53.2. The van der Waals surface area contributed by atoms with E-state index in [4.69, 9.17) is 56.5 Å². The van der Waals surface area contributed by atoms with E-state index in [-0.39, 0.29) is 84.0 Å². The third-order valence-electron chi connectivity index (χ3n) is 19.0. The molecule has 0 aliphatic carbocycles. The maximum absolute atomic E-state index is 12.3. The zero-order chi connectivity index (χ0) is 95.0. The Labute approximate surface area is 791 Å². The normalized spacial score (nSPS) is 13.0. The summed E-state index contributed by atoms with van der Waals surface area (Å²) >= 11 is 0. The third-order valence-corrected chi connectivity index (χ3v) is 28.7. The van der Waals surface area contributed by atoms with Crippen LogP contribution in [0.3, 0.4) is 0 Å². The van der Waals surface area contributed by atoms with E-state index in [0.717, 1.165) is 149 Å². The predicted molar refractivity (Wildman–Crippen MR) is 538 cm³/mol. The first kappa shape index (κ1) is 117. The standard InChI is InChI=1S/C43H60N2O6S2.C21H30N2O5S2.C17H20O5.C9H20N2O2S2.C4H12N2S2/c1-5-6-7-8-9-10-11-12-13-14-15-16-17-18-19-20-21-22-23-24-38(46)44-29-31-52-53-32-30-45-39(47)28-26-34(2)25-27-36-41(48)40-37(33-51-43(40)49)35(3)42(36)50-4;1-13(5-7-17(24)23-9-11-30-29-10-8-22)4-6-15-19(25)18-16(12-28-21(18)26)14(2)20(15)27-3;1-9(5-7-14(18)19)4-6-12-10(2)11(3)13-8-22-17(21)15(13)16(12)20;1-9(2,3)13-8(12)11-5-7-15-14-6-4-10;5-1-3-7-8-4-2-6/h6-7,9-10,12-13,15-16,18-19,21-22,25,48H,5,8,11,14,17,20,23-24,26-33H2,1-4H3,(H,44,46)(H,45,47);4,25H,5-12,22H2,1-3H3,(H,23,24);4,20H,5-8H2,1-3H3,(H,18,19);4-7,10H2,1-3H3,(H,11,12);1-6H2/b7-6-,10-9-,13-12-,16-15-,19-18-,22-21-,34-25+;13-4+;9-4+;;. The fraction of sp³-hybridized carbons (Fsp3) is 0.532. The van der Waals surface area contributed by atoms with Crippen molar-refractivity contribution in [3.05, 3.63) is 180 Å². The number of phenolic OH excluding ortho intramolecular Hbond substituents is 3. The molecule has 26 nitrogen and oxygen atoms in total. The number of esters is 3. The Morgan fingerprint density at radius 1 is 0.406 bits per heavy atom. The molecular weight excluding hydrogens is 1790 g/mol. The van der Waals surface area contributed by atoms with Gasteiger partial charge in [-0.2, -0.15) is 0 Å². The minimum Gasteiger partial charge on any atom is -0.507 e. The van der Waals surface area contributed by atoms with Crippen LogP contribution in [0.25, 0.3) is 0 Å². The summed E-state index contributed by atoms with van der Waals surface area (Å²) < 4.78 is 31.3. The molecule has 0 saturated carbocycles. The summed E-state index contributed by atoms with van der Waals surface area (Å²) in [5.74, 6) is 5.87. The lowest BCUT2D eigenvalue weighted by atomic mass is 9.91. The van der Waals surface area contributed by atoms with Gasteiger partial charge in [-0.25, -0.2) is 19.2 Å². The summed E-state index contributed by atoms with van der Waals surface area (Å²) in [6, 6.07) is 0. The molecule has 34 heteroatoms. The Bertz CT molecular complexity index is 4230. The van der Waals surface area contributed by atoms with Gasteiger partial charge in [0.1, 0.15) is 70.9 Å². The Morgan fingerprint density at radius 3 is 1.03 bits per heavy atom. The van der Waals surface area contributed by atoms with Gasteiger partial charge < -0.3 is 93.0 Å². The van der Waals surface area contributed by atoms with Crippen LogP contribution in [0.15, 0.2) is 108 Å². The Balaban J connectivity index is 0.000000617. The van der Waals surface area contributed by atoms with Gasteiger partial charge in [-0.3, -0.25) is 19.2 Å². The topological polar surface area (TPSA) is 425 Å². The second-order valence-corrected chi connectivity index (χ2v) is 41.0. The molecule has 0 spiro atoms. The molecule has 3 aromatic carbocycles. The lowest BCUT2D eigenvalue weighted by molar-refractivity contribution is -0.137. The van der Waals surface area contributed by atoms with Gasteiger partial charge in [0.15, 0.2) is 0 Å². The number of aliphatic carboxylic acids is 1. The quantitative estimate of drug-likeness (QED) is 0.00821. The molecular formula is C94H142N8O18S8. The van der Waals surface area contributed by atoms with Crippen molar-refractivity contribution in [1.82, 2.24) is 21.3 Å². The number of carboxylic acids is 1. The number of nitrogens with two attached hydrogens (primary N) is 4. The van der Waals surface area contributed by atoms with E-state index in [1.807, 2.05) is 87.5 Å². The van der Waals surface area contributed by atoms with Gasteiger partial charge in [0.2, 0.25) is 17.7 Å². The molecule has 714 valence electrons. The van der Waals surface area contributed by atoms with E-state index in [2.05, 4.69) is 101 Å². The van der Waals surface area contributed by atoms with Crippen LogP contribution in [-0.2, 0) is 77.2 Å².